The number of likely N-dealkylation sites (tertiary alicyclic amines) is 1. The van der Waals surface area contributed by atoms with Crippen molar-refractivity contribution in [1.82, 2.24) is 14.7 Å². The molecule has 0 saturated carbocycles. The Bertz CT molecular complexity index is 668. The van der Waals surface area contributed by atoms with Crippen molar-refractivity contribution >= 4 is 0 Å². The van der Waals surface area contributed by atoms with Gasteiger partial charge >= 0.3 is 0 Å². The molecule has 1 aliphatic rings. The maximum Gasteiger partial charge on any atom is 0.165 e. The van der Waals surface area contributed by atoms with Gasteiger partial charge < -0.3 is 9.47 Å². The first-order valence-corrected chi connectivity index (χ1v) is 8.66. The molecule has 0 bridgehead atoms. The Hall–Kier alpha value is -2.01. The van der Waals surface area contributed by atoms with E-state index in [-0.39, 0.29) is 0 Å². The van der Waals surface area contributed by atoms with E-state index in [0.717, 1.165) is 31.0 Å². The monoisotopic (exact) mass is 329 g/mol. The SMILES string of the molecule is COc1cccc(CN2CCCCC[C@H]2c2ccn(C)n2)c1OC. The van der Waals surface area contributed by atoms with E-state index in [1.165, 1.54) is 30.5 Å². The molecule has 1 aromatic carbocycles. The summed E-state index contributed by atoms with van der Waals surface area (Å²) in [5.41, 5.74) is 2.33. The third-order valence-electron chi connectivity index (χ3n) is 4.80. The van der Waals surface area contributed by atoms with Gasteiger partial charge in [-0.25, -0.2) is 0 Å². The lowest BCUT2D eigenvalue weighted by Gasteiger charge is -2.29. The zero-order chi connectivity index (χ0) is 16.9. The van der Waals surface area contributed by atoms with Crippen LogP contribution >= 0.6 is 0 Å². The summed E-state index contributed by atoms with van der Waals surface area (Å²) in [7, 11) is 5.37. The quantitative estimate of drug-likeness (QED) is 0.841. The van der Waals surface area contributed by atoms with E-state index < -0.39 is 0 Å². The van der Waals surface area contributed by atoms with Crippen LogP contribution in [0, 0.1) is 0 Å². The number of hydrogen-bond donors (Lipinski definition) is 0. The number of rotatable bonds is 5. The predicted octanol–water partition coefficient (Wildman–Crippen LogP) is 3.55. The van der Waals surface area contributed by atoms with Crippen LogP contribution in [0.3, 0.4) is 0 Å². The first-order chi connectivity index (χ1) is 11.7. The highest BCUT2D eigenvalue weighted by molar-refractivity contribution is 5.46. The van der Waals surface area contributed by atoms with Gasteiger partial charge in [0.25, 0.3) is 0 Å². The predicted molar refractivity (Wildman–Crippen MR) is 94.4 cm³/mol. The zero-order valence-electron chi connectivity index (χ0n) is 14.9. The Labute approximate surface area is 144 Å². The fourth-order valence-corrected chi connectivity index (χ4v) is 3.60. The summed E-state index contributed by atoms with van der Waals surface area (Å²) in [5.74, 6) is 1.63. The maximum atomic E-state index is 5.61. The molecule has 1 saturated heterocycles. The van der Waals surface area contributed by atoms with Crippen LogP contribution in [0.25, 0.3) is 0 Å². The molecule has 24 heavy (non-hydrogen) atoms. The van der Waals surface area contributed by atoms with E-state index in [9.17, 15) is 0 Å². The molecule has 0 radical (unpaired) electrons. The van der Waals surface area contributed by atoms with Gasteiger partial charge in [0, 0.05) is 25.4 Å². The van der Waals surface area contributed by atoms with Crippen molar-refractivity contribution in [2.75, 3.05) is 20.8 Å². The normalized spacial score (nSPS) is 19.0. The molecule has 2 heterocycles. The van der Waals surface area contributed by atoms with Crippen molar-refractivity contribution in [1.29, 1.82) is 0 Å². The zero-order valence-corrected chi connectivity index (χ0v) is 14.9. The van der Waals surface area contributed by atoms with E-state index in [2.05, 4.69) is 22.1 Å². The van der Waals surface area contributed by atoms with Crippen molar-refractivity contribution < 1.29 is 9.47 Å². The lowest BCUT2D eigenvalue weighted by atomic mass is 10.1. The van der Waals surface area contributed by atoms with E-state index >= 15 is 0 Å². The average molecular weight is 329 g/mol. The molecule has 3 rings (SSSR count). The second-order valence-corrected chi connectivity index (χ2v) is 6.40. The highest BCUT2D eigenvalue weighted by Crippen LogP contribution is 2.35. The fourth-order valence-electron chi connectivity index (χ4n) is 3.60. The average Bonchev–Trinajstić information content (AvgIpc) is 2.89. The Morgan fingerprint density at radius 3 is 2.71 bits per heavy atom. The van der Waals surface area contributed by atoms with Crippen LogP contribution in [0.15, 0.2) is 30.5 Å². The van der Waals surface area contributed by atoms with Gasteiger partial charge in [0.05, 0.1) is 26.0 Å². The molecule has 2 aromatic rings. The summed E-state index contributed by atoms with van der Waals surface area (Å²) in [4.78, 5) is 2.53. The molecule has 1 aromatic heterocycles. The number of nitrogens with zero attached hydrogens (tertiary/aromatic N) is 3. The summed E-state index contributed by atoms with van der Waals surface area (Å²) in [5, 5.41) is 4.66. The fraction of sp³-hybridized carbons (Fsp3) is 0.526. The first-order valence-electron chi connectivity index (χ1n) is 8.66. The summed E-state index contributed by atoms with van der Waals surface area (Å²) >= 11 is 0. The molecule has 0 N–H and O–H groups in total. The Kier molecular flexibility index (Phi) is 5.41. The van der Waals surface area contributed by atoms with Crippen LogP contribution in [0.2, 0.25) is 0 Å². The summed E-state index contributed by atoms with van der Waals surface area (Å²) in [6, 6.07) is 8.61. The number of para-hydroxylation sites is 1. The van der Waals surface area contributed by atoms with Crippen LogP contribution < -0.4 is 9.47 Å². The second-order valence-electron chi connectivity index (χ2n) is 6.40. The van der Waals surface area contributed by atoms with Crippen molar-refractivity contribution in [3.63, 3.8) is 0 Å². The van der Waals surface area contributed by atoms with Crippen LogP contribution in [0.5, 0.6) is 11.5 Å². The highest BCUT2D eigenvalue weighted by Gasteiger charge is 2.25. The lowest BCUT2D eigenvalue weighted by molar-refractivity contribution is 0.185. The minimum atomic E-state index is 0.365. The van der Waals surface area contributed by atoms with Crippen LogP contribution in [-0.4, -0.2) is 35.4 Å². The van der Waals surface area contributed by atoms with E-state index in [0.29, 0.717) is 6.04 Å². The van der Waals surface area contributed by atoms with Crippen LogP contribution in [0.4, 0.5) is 0 Å². The van der Waals surface area contributed by atoms with Gasteiger partial charge in [-0.1, -0.05) is 25.0 Å². The summed E-state index contributed by atoms with van der Waals surface area (Å²) < 4.78 is 13.0. The molecular weight excluding hydrogens is 302 g/mol. The van der Waals surface area contributed by atoms with Crippen LogP contribution in [0.1, 0.15) is 43.0 Å². The third kappa shape index (κ3) is 3.56. The van der Waals surface area contributed by atoms with Crippen LogP contribution in [-0.2, 0) is 13.6 Å². The molecule has 130 valence electrons. The van der Waals surface area contributed by atoms with Gasteiger partial charge in [0.1, 0.15) is 0 Å². The number of aromatic nitrogens is 2. The number of aryl methyl sites for hydroxylation is 1. The number of benzene rings is 1. The van der Waals surface area contributed by atoms with Crippen molar-refractivity contribution in [3.05, 3.63) is 41.7 Å². The highest BCUT2D eigenvalue weighted by atomic mass is 16.5. The number of hydrogen-bond acceptors (Lipinski definition) is 4. The molecular formula is C19H27N3O2. The van der Waals surface area contributed by atoms with E-state index in [1.807, 2.05) is 30.1 Å². The third-order valence-corrected chi connectivity index (χ3v) is 4.80. The number of ether oxygens (including phenoxy) is 2. The van der Waals surface area contributed by atoms with E-state index in [1.54, 1.807) is 14.2 Å². The van der Waals surface area contributed by atoms with Crippen molar-refractivity contribution in [2.45, 2.75) is 38.3 Å². The van der Waals surface area contributed by atoms with Gasteiger partial charge in [-0.05, 0) is 31.5 Å². The van der Waals surface area contributed by atoms with Gasteiger partial charge in [-0.2, -0.15) is 5.10 Å². The topological polar surface area (TPSA) is 39.5 Å². The molecule has 0 unspecified atom stereocenters. The van der Waals surface area contributed by atoms with Gasteiger partial charge in [-0.3, -0.25) is 9.58 Å². The van der Waals surface area contributed by atoms with Gasteiger partial charge in [0.15, 0.2) is 11.5 Å². The molecule has 5 heteroatoms. The lowest BCUT2D eigenvalue weighted by Crippen LogP contribution is -2.28. The molecule has 1 aliphatic heterocycles. The molecule has 1 fully saturated rings. The van der Waals surface area contributed by atoms with Crippen molar-refractivity contribution in [2.24, 2.45) is 7.05 Å². The number of methoxy groups -OCH3 is 2. The Morgan fingerprint density at radius 1 is 1.12 bits per heavy atom. The second kappa shape index (κ2) is 7.71. The molecule has 0 aliphatic carbocycles. The largest absolute Gasteiger partial charge is 0.493 e. The molecule has 1 atom stereocenters. The molecule has 5 nitrogen and oxygen atoms in total. The maximum absolute atomic E-state index is 5.61. The van der Waals surface area contributed by atoms with Gasteiger partial charge in [0.2, 0.25) is 0 Å². The minimum absolute atomic E-state index is 0.365. The Morgan fingerprint density at radius 2 is 2.00 bits per heavy atom. The van der Waals surface area contributed by atoms with E-state index in [4.69, 9.17) is 9.47 Å². The Balaban J connectivity index is 1.88. The minimum Gasteiger partial charge on any atom is -0.493 e. The summed E-state index contributed by atoms with van der Waals surface area (Å²) in [6.07, 6.45) is 6.96. The molecule has 0 spiro atoms. The standard InChI is InChI=1S/C19H27N3O2/c1-21-13-11-16(20-21)17-9-5-4-6-12-22(17)14-15-8-7-10-18(23-2)19(15)24-3/h7-8,10-11,13,17H,4-6,9,12,14H2,1-3H3/t17-/m0/s1. The molecule has 0 amide bonds. The first kappa shape index (κ1) is 16.8. The smallest absolute Gasteiger partial charge is 0.165 e. The van der Waals surface area contributed by atoms with Gasteiger partial charge in [-0.15, -0.1) is 0 Å². The summed E-state index contributed by atoms with van der Waals surface area (Å²) in [6.45, 7) is 1.93. The van der Waals surface area contributed by atoms with Crippen molar-refractivity contribution in [3.8, 4) is 11.5 Å².